The lowest BCUT2D eigenvalue weighted by Crippen LogP contribution is -2.31. The predicted molar refractivity (Wildman–Crippen MR) is 132 cm³/mol. The minimum absolute atomic E-state index is 0.0417. The average Bonchev–Trinajstić information content (AvgIpc) is 3.36. The summed E-state index contributed by atoms with van der Waals surface area (Å²) < 4.78 is 28.8. The van der Waals surface area contributed by atoms with Crippen LogP contribution in [0, 0.1) is 5.92 Å². The number of benzene rings is 2. The fraction of sp³-hybridized carbons (Fsp3) is 0.375. The standard InChI is InChI=1S/C24H29N5O4S/c1-4-29-15-16(11-21(29)30)14-25-24(31)19-12-18(27-34(32,33)5-2)13-20-22(19)28(3)23(26-20)17-9-7-6-8-10-17/h6-10,12-13,16,27H,4-5,11,14-15H2,1-3H3,(H,25,31). The summed E-state index contributed by atoms with van der Waals surface area (Å²) in [6.45, 7) is 5.11. The van der Waals surface area contributed by atoms with Crippen molar-refractivity contribution in [2.75, 3.05) is 30.1 Å². The lowest BCUT2D eigenvalue weighted by molar-refractivity contribution is -0.127. The van der Waals surface area contributed by atoms with Crippen LogP contribution in [0.1, 0.15) is 30.6 Å². The van der Waals surface area contributed by atoms with Gasteiger partial charge in [-0.1, -0.05) is 30.3 Å². The van der Waals surface area contributed by atoms with Gasteiger partial charge < -0.3 is 14.8 Å². The van der Waals surface area contributed by atoms with E-state index in [1.165, 1.54) is 0 Å². The predicted octanol–water partition coefficient (Wildman–Crippen LogP) is 2.60. The summed E-state index contributed by atoms with van der Waals surface area (Å²) in [5, 5.41) is 2.94. The molecule has 34 heavy (non-hydrogen) atoms. The fourth-order valence-electron chi connectivity index (χ4n) is 4.31. The van der Waals surface area contributed by atoms with Crippen molar-refractivity contribution >= 4 is 38.6 Å². The third kappa shape index (κ3) is 4.77. The van der Waals surface area contributed by atoms with Crippen LogP contribution in [0.5, 0.6) is 0 Å². The highest BCUT2D eigenvalue weighted by molar-refractivity contribution is 7.92. The zero-order valence-corrected chi connectivity index (χ0v) is 20.4. The Morgan fingerprint density at radius 3 is 2.56 bits per heavy atom. The molecule has 3 aromatic rings. The number of rotatable bonds is 8. The van der Waals surface area contributed by atoms with Gasteiger partial charge in [0.2, 0.25) is 15.9 Å². The van der Waals surface area contributed by atoms with Crippen LogP contribution in [-0.4, -0.2) is 60.1 Å². The number of hydrogen-bond acceptors (Lipinski definition) is 5. The molecule has 1 fully saturated rings. The van der Waals surface area contributed by atoms with Gasteiger partial charge in [-0.3, -0.25) is 14.3 Å². The van der Waals surface area contributed by atoms with Gasteiger partial charge in [0.05, 0.1) is 28.0 Å². The molecular weight excluding hydrogens is 454 g/mol. The Hall–Kier alpha value is -3.40. The van der Waals surface area contributed by atoms with E-state index in [2.05, 4.69) is 10.0 Å². The first kappa shape index (κ1) is 23.7. The largest absolute Gasteiger partial charge is 0.352 e. The monoisotopic (exact) mass is 483 g/mol. The number of aromatic nitrogens is 2. The number of carbonyl (C=O) groups excluding carboxylic acids is 2. The molecule has 1 saturated heterocycles. The third-order valence-electron chi connectivity index (χ3n) is 6.13. The SMILES string of the molecule is CCN1CC(CNC(=O)c2cc(NS(=O)(=O)CC)cc3nc(-c4ccccc4)n(C)c23)CC1=O. The Kier molecular flexibility index (Phi) is 6.60. The Bertz CT molecular complexity index is 1330. The van der Waals surface area contributed by atoms with Gasteiger partial charge in [0, 0.05) is 44.6 Å². The molecule has 1 unspecified atom stereocenters. The van der Waals surface area contributed by atoms with Crippen LogP contribution in [0.2, 0.25) is 0 Å². The van der Waals surface area contributed by atoms with E-state index >= 15 is 0 Å². The third-order valence-corrected chi connectivity index (χ3v) is 7.43. The van der Waals surface area contributed by atoms with Crippen LogP contribution in [0.4, 0.5) is 5.69 Å². The Balaban J connectivity index is 1.71. The number of hydrogen-bond donors (Lipinski definition) is 2. The molecule has 0 saturated carbocycles. The number of sulfonamides is 1. The molecule has 1 aliphatic rings. The molecule has 4 rings (SSSR count). The molecule has 0 radical (unpaired) electrons. The second-order valence-corrected chi connectivity index (χ2v) is 10.5. The summed E-state index contributed by atoms with van der Waals surface area (Å²) >= 11 is 0. The van der Waals surface area contributed by atoms with E-state index in [-0.39, 0.29) is 29.2 Å². The van der Waals surface area contributed by atoms with Gasteiger partial charge in [-0.05, 0) is 26.0 Å². The second kappa shape index (κ2) is 9.46. The summed E-state index contributed by atoms with van der Waals surface area (Å²) in [5.41, 5.74) is 2.60. The van der Waals surface area contributed by atoms with Crippen LogP contribution in [0.25, 0.3) is 22.4 Å². The summed E-state index contributed by atoms with van der Waals surface area (Å²) in [4.78, 5) is 31.8. The van der Waals surface area contributed by atoms with Crippen LogP contribution in [-0.2, 0) is 21.9 Å². The van der Waals surface area contributed by atoms with Crippen molar-refractivity contribution in [3.05, 3.63) is 48.0 Å². The van der Waals surface area contributed by atoms with Gasteiger partial charge in [0.25, 0.3) is 5.91 Å². The molecule has 2 amide bonds. The summed E-state index contributed by atoms with van der Waals surface area (Å²) in [7, 11) is -1.71. The molecule has 0 aliphatic carbocycles. The quantitative estimate of drug-likeness (QED) is 0.511. The maximum atomic E-state index is 13.3. The molecule has 2 aromatic carbocycles. The smallest absolute Gasteiger partial charge is 0.253 e. The van der Waals surface area contributed by atoms with Crippen molar-refractivity contribution in [1.82, 2.24) is 19.8 Å². The fourth-order valence-corrected chi connectivity index (χ4v) is 4.93. The van der Waals surface area contributed by atoms with Gasteiger partial charge >= 0.3 is 0 Å². The van der Waals surface area contributed by atoms with E-state index in [0.717, 1.165) is 5.56 Å². The van der Waals surface area contributed by atoms with Crippen molar-refractivity contribution in [3.63, 3.8) is 0 Å². The Morgan fingerprint density at radius 1 is 1.18 bits per heavy atom. The number of nitrogens with one attached hydrogen (secondary N) is 2. The molecule has 180 valence electrons. The molecule has 10 heteroatoms. The van der Waals surface area contributed by atoms with Gasteiger partial charge in [-0.15, -0.1) is 0 Å². The molecule has 0 bridgehead atoms. The lowest BCUT2D eigenvalue weighted by atomic mass is 10.1. The topological polar surface area (TPSA) is 113 Å². The number of aryl methyl sites for hydroxylation is 1. The number of amides is 2. The van der Waals surface area contributed by atoms with Crippen molar-refractivity contribution in [3.8, 4) is 11.4 Å². The van der Waals surface area contributed by atoms with Gasteiger partial charge in [-0.2, -0.15) is 0 Å². The molecule has 2 heterocycles. The van der Waals surface area contributed by atoms with Crippen LogP contribution in [0.15, 0.2) is 42.5 Å². The average molecular weight is 484 g/mol. The molecule has 9 nitrogen and oxygen atoms in total. The van der Waals surface area contributed by atoms with Crippen molar-refractivity contribution in [2.24, 2.45) is 13.0 Å². The van der Waals surface area contributed by atoms with E-state index in [0.29, 0.717) is 48.5 Å². The van der Waals surface area contributed by atoms with Gasteiger partial charge in [0.1, 0.15) is 5.82 Å². The van der Waals surface area contributed by atoms with Gasteiger partial charge in [-0.25, -0.2) is 13.4 Å². The first-order valence-corrected chi connectivity index (χ1v) is 13.0. The highest BCUT2D eigenvalue weighted by Crippen LogP contribution is 2.29. The number of nitrogens with zero attached hydrogens (tertiary/aromatic N) is 3. The number of likely N-dealkylation sites (tertiary alicyclic amines) is 1. The maximum absolute atomic E-state index is 13.3. The van der Waals surface area contributed by atoms with E-state index < -0.39 is 10.0 Å². The summed E-state index contributed by atoms with van der Waals surface area (Å²) in [6, 6.07) is 12.8. The molecule has 1 atom stereocenters. The van der Waals surface area contributed by atoms with Crippen LogP contribution < -0.4 is 10.0 Å². The highest BCUT2D eigenvalue weighted by Gasteiger charge is 2.29. The van der Waals surface area contributed by atoms with Crippen LogP contribution >= 0.6 is 0 Å². The molecular formula is C24H29N5O4S. The number of carbonyl (C=O) groups is 2. The van der Waals surface area contributed by atoms with E-state index in [9.17, 15) is 18.0 Å². The Labute approximate surface area is 199 Å². The second-order valence-electron chi connectivity index (χ2n) is 8.47. The first-order chi connectivity index (χ1) is 16.2. The van der Waals surface area contributed by atoms with E-state index in [1.807, 2.05) is 48.9 Å². The zero-order chi connectivity index (χ0) is 24.5. The minimum Gasteiger partial charge on any atom is -0.352 e. The molecule has 1 aromatic heterocycles. The normalized spacial score (nSPS) is 16.3. The number of imidazole rings is 1. The number of anilines is 1. The summed E-state index contributed by atoms with van der Waals surface area (Å²) in [6.07, 6.45) is 0.406. The number of fused-ring (bicyclic) bond motifs is 1. The van der Waals surface area contributed by atoms with Gasteiger partial charge in [0.15, 0.2) is 0 Å². The zero-order valence-electron chi connectivity index (χ0n) is 19.5. The lowest BCUT2D eigenvalue weighted by Gasteiger charge is -2.15. The van der Waals surface area contributed by atoms with E-state index in [4.69, 9.17) is 4.98 Å². The van der Waals surface area contributed by atoms with Crippen molar-refractivity contribution in [2.45, 2.75) is 20.3 Å². The van der Waals surface area contributed by atoms with Crippen LogP contribution in [0.3, 0.4) is 0 Å². The maximum Gasteiger partial charge on any atom is 0.253 e. The van der Waals surface area contributed by atoms with E-state index in [1.54, 1.807) is 24.0 Å². The Morgan fingerprint density at radius 2 is 1.91 bits per heavy atom. The highest BCUT2D eigenvalue weighted by atomic mass is 32.2. The molecule has 2 N–H and O–H groups in total. The summed E-state index contributed by atoms with van der Waals surface area (Å²) in [5.74, 6) is 0.375. The minimum atomic E-state index is -3.54. The first-order valence-electron chi connectivity index (χ1n) is 11.3. The molecule has 0 spiro atoms. The van der Waals surface area contributed by atoms with Crippen molar-refractivity contribution in [1.29, 1.82) is 0 Å². The molecule has 1 aliphatic heterocycles. The van der Waals surface area contributed by atoms with Crippen molar-refractivity contribution < 1.29 is 18.0 Å².